The number of benzene rings is 2. The fourth-order valence-corrected chi connectivity index (χ4v) is 3.95. The minimum Gasteiger partial charge on any atom is -0.460 e. The van der Waals surface area contributed by atoms with E-state index in [0.29, 0.717) is 5.57 Å². The van der Waals surface area contributed by atoms with Crippen LogP contribution in [0.5, 0.6) is 0 Å². The highest BCUT2D eigenvalue weighted by molar-refractivity contribution is 6.01. The van der Waals surface area contributed by atoms with Crippen molar-refractivity contribution in [3.63, 3.8) is 0 Å². The molecule has 1 saturated heterocycles. The Kier molecular flexibility index (Phi) is 3.91. The largest absolute Gasteiger partial charge is 0.460 e. The molecule has 1 fully saturated rings. The Hall–Kier alpha value is -2.88. The third-order valence-corrected chi connectivity index (χ3v) is 5.13. The average molecular weight is 348 g/mol. The Bertz CT molecular complexity index is 895. The SMILES string of the molecule is CC1(C)OC(=O)C2=Cc3ccccc3[C@H](C(=O)OCc3ccccc3)[C@H]21. The maximum Gasteiger partial charge on any atom is 0.335 e. The minimum atomic E-state index is -0.757. The maximum absolute atomic E-state index is 13.1. The second-order valence-electron chi connectivity index (χ2n) is 7.27. The van der Waals surface area contributed by atoms with Gasteiger partial charge in [-0.05, 0) is 36.6 Å². The zero-order valence-electron chi connectivity index (χ0n) is 14.8. The van der Waals surface area contributed by atoms with Crippen molar-refractivity contribution in [3.8, 4) is 0 Å². The predicted molar refractivity (Wildman–Crippen MR) is 97.1 cm³/mol. The Morgan fingerprint density at radius 2 is 1.77 bits per heavy atom. The first kappa shape index (κ1) is 16.6. The quantitative estimate of drug-likeness (QED) is 0.791. The summed E-state index contributed by atoms with van der Waals surface area (Å²) in [5, 5.41) is 0. The number of cyclic esters (lactones) is 1. The summed E-state index contributed by atoms with van der Waals surface area (Å²) in [6.45, 7) is 3.91. The van der Waals surface area contributed by atoms with Crippen molar-refractivity contribution in [2.24, 2.45) is 5.92 Å². The molecule has 1 aliphatic heterocycles. The van der Waals surface area contributed by atoms with E-state index in [-0.39, 0.29) is 24.5 Å². The summed E-state index contributed by atoms with van der Waals surface area (Å²) in [6.07, 6.45) is 1.85. The molecule has 2 atom stereocenters. The number of ether oxygens (including phenoxy) is 2. The molecule has 0 N–H and O–H groups in total. The van der Waals surface area contributed by atoms with Crippen molar-refractivity contribution < 1.29 is 19.1 Å². The van der Waals surface area contributed by atoms with Gasteiger partial charge in [-0.3, -0.25) is 4.79 Å². The van der Waals surface area contributed by atoms with Gasteiger partial charge in [-0.2, -0.15) is 0 Å². The van der Waals surface area contributed by atoms with E-state index in [2.05, 4.69) is 0 Å². The van der Waals surface area contributed by atoms with Crippen LogP contribution in [0.4, 0.5) is 0 Å². The fourth-order valence-electron chi connectivity index (χ4n) is 3.95. The van der Waals surface area contributed by atoms with Gasteiger partial charge in [-0.1, -0.05) is 54.6 Å². The van der Waals surface area contributed by atoms with Gasteiger partial charge in [0.1, 0.15) is 12.2 Å². The van der Waals surface area contributed by atoms with Gasteiger partial charge in [0.15, 0.2) is 0 Å². The lowest BCUT2D eigenvalue weighted by Crippen LogP contribution is -2.38. The van der Waals surface area contributed by atoms with Crippen LogP contribution in [0.3, 0.4) is 0 Å². The second-order valence-corrected chi connectivity index (χ2v) is 7.27. The van der Waals surface area contributed by atoms with E-state index in [1.807, 2.05) is 74.5 Å². The predicted octanol–water partition coefficient (Wildman–Crippen LogP) is 3.86. The summed E-state index contributed by atoms with van der Waals surface area (Å²) in [7, 11) is 0. The van der Waals surface area contributed by atoms with Crippen LogP contribution in [0.15, 0.2) is 60.2 Å². The van der Waals surface area contributed by atoms with E-state index in [1.54, 1.807) is 0 Å². The molecule has 0 spiro atoms. The van der Waals surface area contributed by atoms with Crippen molar-refractivity contribution in [3.05, 3.63) is 76.9 Å². The normalized spacial score (nSPS) is 22.7. The summed E-state index contributed by atoms with van der Waals surface area (Å²) >= 11 is 0. The summed E-state index contributed by atoms with van der Waals surface area (Å²) in [5.74, 6) is -1.59. The summed E-state index contributed by atoms with van der Waals surface area (Å²) in [6, 6.07) is 17.2. The van der Waals surface area contributed by atoms with Crippen LogP contribution < -0.4 is 0 Å². The van der Waals surface area contributed by atoms with Crippen molar-refractivity contribution in [1.29, 1.82) is 0 Å². The van der Waals surface area contributed by atoms with Gasteiger partial charge in [0.2, 0.25) is 0 Å². The van der Waals surface area contributed by atoms with E-state index < -0.39 is 11.5 Å². The molecular weight excluding hydrogens is 328 g/mol. The zero-order valence-corrected chi connectivity index (χ0v) is 14.8. The van der Waals surface area contributed by atoms with Gasteiger partial charge in [0, 0.05) is 11.5 Å². The molecule has 0 aromatic heterocycles. The molecule has 0 amide bonds. The van der Waals surface area contributed by atoms with Crippen molar-refractivity contribution in [2.75, 3.05) is 0 Å². The lowest BCUT2D eigenvalue weighted by Gasteiger charge is -2.34. The maximum atomic E-state index is 13.1. The average Bonchev–Trinajstić information content (AvgIpc) is 2.87. The van der Waals surface area contributed by atoms with E-state index in [4.69, 9.17) is 9.47 Å². The topological polar surface area (TPSA) is 52.6 Å². The monoisotopic (exact) mass is 348 g/mol. The third kappa shape index (κ3) is 2.71. The van der Waals surface area contributed by atoms with E-state index in [9.17, 15) is 9.59 Å². The highest BCUT2D eigenvalue weighted by Crippen LogP contribution is 2.50. The molecule has 0 saturated carbocycles. The number of rotatable bonds is 3. The number of hydrogen-bond donors (Lipinski definition) is 0. The molecule has 4 heteroatoms. The molecule has 0 unspecified atom stereocenters. The molecule has 26 heavy (non-hydrogen) atoms. The fraction of sp³-hybridized carbons (Fsp3) is 0.273. The van der Waals surface area contributed by atoms with Gasteiger partial charge in [-0.25, -0.2) is 4.79 Å². The standard InChI is InChI=1S/C22H20O4/c1-22(2)19-17(20(23)26-22)12-15-10-6-7-11-16(15)18(19)21(24)25-13-14-8-4-3-5-9-14/h3-12,18-19H,13H2,1-2H3/t18-,19-/m0/s1. The Balaban J connectivity index is 1.69. The molecule has 2 aromatic rings. The van der Waals surface area contributed by atoms with Crippen LogP contribution in [0.2, 0.25) is 0 Å². The Morgan fingerprint density at radius 1 is 1.08 bits per heavy atom. The van der Waals surface area contributed by atoms with Crippen LogP contribution in [0.1, 0.15) is 36.5 Å². The third-order valence-electron chi connectivity index (χ3n) is 5.13. The molecule has 1 aliphatic carbocycles. The van der Waals surface area contributed by atoms with Crippen molar-refractivity contribution in [1.82, 2.24) is 0 Å². The van der Waals surface area contributed by atoms with Crippen LogP contribution in [0.25, 0.3) is 6.08 Å². The molecule has 0 bridgehead atoms. The van der Waals surface area contributed by atoms with Gasteiger partial charge in [0.25, 0.3) is 0 Å². The van der Waals surface area contributed by atoms with E-state index >= 15 is 0 Å². The summed E-state index contributed by atoms with van der Waals surface area (Å²) < 4.78 is 11.2. The molecule has 4 nitrogen and oxygen atoms in total. The van der Waals surface area contributed by atoms with E-state index in [1.165, 1.54) is 0 Å². The van der Waals surface area contributed by atoms with Gasteiger partial charge in [0.05, 0.1) is 5.92 Å². The zero-order chi connectivity index (χ0) is 18.3. The molecule has 132 valence electrons. The lowest BCUT2D eigenvalue weighted by molar-refractivity contribution is -0.152. The lowest BCUT2D eigenvalue weighted by atomic mass is 9.69. The molecule has 1 heterocycles. The second kappa shape index (κ2) is 6.13. The van der Waals surface area contributed by atoms with Crippen molar-refractivity contribution >= 4 is 18.0 Å². The van der Waals surface area contributed by atoms with Gasteiger partial charge in [-0.15, -0.1) is 0 Å². The van der Waals surface area contributed by atoms with Crippen LogP contribution >= 0.6 is 0 Å². The van der Waals surface area contributed by atoms with Crippen LogP contribution in [-0.4, -0.2) is 17.5 Å². The Morgan fingerprint density at radius 3 is 2.54 bits per heavy atom. The van der Waals surface area contributed by atoms with Gasteiger partial charge < -0.3 is 9.47 Å². The number of carbonyl (C=O) groups excluding carboxylic acids is 2. The first-order valence-electron chi connectivity index (χ1n) is 8.72. The van der Waals surface area contributed by atoms with Crippen molar-refractivity contribution in [2.45, 2.75) is 32.0 Å². The highest BCUT2D eigenvalue weighted by Gasteiger charge is 2.54. The van der Waals surface area contributed by atoms with Crippen LogP contribution in [0, 0.1) is 5.92 Å². The van der Waals surface area contributed by atoms with Crippen LogP contribution in [-0.2, 0) is 25.7 Å². The summed E-state index contributed by atoms with van der Waals surface area (Å²) in [4.78, 5) is 25.4. The minimum absolute atomic E-state index is 0.208. The Labute approximate surface area is 152 Å². The smallest absolute Gasteiger partial charge is 0.335 e. The molecule has 2 aromatic carbocycles. The number of fused-ring (bicyclic) bond motifs is 2. The summed E-state index contributed by atoms with van der Waals surface area (Å²) in [5.41, 5.74) is 2.47. The number of esters is 2. The van der Waals surface area contributed by atoms with E-state index in [0.717, 1.165) is 16.7 Å². The molecular formula is C22H20O4. The molecule has 4 rings (SSSR count). The first-order valence-corrected chi connectivity index (χ1v) is 8.72. The number of carbonyl (C=O) groups is 2. The highest BCUT2D eigenvalue weighted by atomic mass is 16.6. The molecule has 2 aliphatic rings. The first-order chi connectivity index (χ1) is 12.5. The van der Waals surface area contributed by atoms with Gasteiger partial charge >= 0.3 is 11.9 Å². The number of hydrogen-bond acceptors (Lipinski definition) is 4. The molecule has 0 radical (unpaired) electrons.